The molecule has 98 valence electrons. The van der Waals surface area contributed by atoms with E-state index in [0.29, 0.717) is 17.0 Å². The van der Waals surface area contributed by atoms with Gasteiger partial charge in [-0.3, -0.25) is 9.78 Å². The van der Waals surface area contributed by atoms with E-state index in [1.54, 1.807) is 43.5 Å². The van der Waals surface area contributed by atoms with Gasteiger partial charge in [-0.15, -0.1) is 0 Å². The van der Waals surface area contributed by atoms with E-state index >= 15 is 0 Å². The maximum atomic E-state index is 11.7. The number of carboxylic acids is 1. The highest BCUT2D eigenvalue weighted by Gasteiger charge is 2.35. The minimum atomic E-state index is -1.04. The van der Waals surface area contributed by atoms with Crippen molar-refractivity contribution in [3.05, 3.63) is 64.9 Å². The summed E-state index contributed by atoms with van der Waals surface area (Å²) in [7, 11) is 0. The van der Waals surface area contributed by atoms with Crippen molar-refractivity contribution in [2.75, 3.05) is 0 Å². The fraction of sp³-hybridized carbons (Fsp3) is 0.200. The summed E-state index contributed by atoms with van der Waals surface area (Å²) in [5, 5.41) is 10.1. The first kappa shape index (κ1) is 13.6. The van der Waals surface area contributed by atoms with Gasteiger partial charge < -0.3 is 5.11 Å². The third-order valence-electron chi connectivity index (χ3n) is 3.19. The molecule has 4 heteroatoms. The maximum Gasteiger partial charge on any atom is 0.314 e. The van der Waals surface area contributed by atoms with Crippen LogP contribution in [0.2, 0.25) is 5.02 Å². The molecule has 19 heavy (non-hydrogen) atoms. The molecule has 0 saturated carbocycles. The lowest BCUT2D eigenvalue weighted by atomic mass is 9.78. The Labute approximate surface area is 116 Å². The van der Waals surface area contributed by atoms with Crippen LogP contribution in [-0.2, 0) is 16.6 Å². The van der Waals surface area contributed by atoms with Gasteiger partial charge >= 0.3 is 5.97 Å². The van der Waals surface area contributed by atoms with E-state index in [4.69, 9.17) is 11.6 Å². The molecular formula is C15H14ClNO2. The molecule has 1 aromatic heterocycles. The monoisotopic (exact) mass is 275 g/mol. The first-order valence-corrected chi connectivity index (χ1v) is 6.29. The molecule has 0 spiro atoms. The van der Waals surface area contributed by atoms with E-state index in [0.717, 1.165) is 5.69 Å². The molecule has 2 rings (SSSR count). The molecule has 0 fully saturated rings. The van der Waals surface area contributed by atoms with Gasteiger partial charge in [0.2, 0.25) is 0 Å². The fourth-order valence-corrected chi connectivity index (χ4v) is 2.19. The summed E-state index contributed by atoms with van der Waals surface area (Å²) in [6, 6.07) is 12.4. The lowest BCUT2D eigenvalue weighted by Gasteiger charge is -2.25. The second kappa shape index (κ2) is 5.41. The molecule has 3 nitrogen and oxygen atoms in total. The predicted molar refractivity (Wildman–Crippen MR) is 74.4 cm³/mol. The van der Waals surface area contributed by atoms with E-state index < -0.39 is 11.4 Å². The minimum absolute atomic E-state index is 0.323. The van der Waals surface area contributed by atoms with E-state index in [-0.39, 0.29) is 0 Å². The van der Waals surface area contributed by atoms with Gasteiger partial charge in [-0.25, -0.2) is 0 Å². The zero-order chi connectivity index (χ0) is 13.9. The SMILES string of the molecule is CC(Cc1ccccn1)(C(=O)O)c1cccc(Cl)c1. The van der Waals surface area contributed by atoms with Gasteiger partial charge in [0.1, 0.15) is 0 Å². The van der Waals surface area contributed by atoms with Crippen LogP contribution < -0.4 is 0 Å². The van der Waals surface area contributed by atoms with Gasteiger partial charge in [0.25, 0.3) is 0 Å². The van der Waals surface area contributed by atoms with Gasteiger partial charge in [-0.2, -0.15) is 0 Å². The van der Waals surface area contributed by atoms with Crippen LogP contribution in [0.3, 0.4) is 0 Å². The maximum absolute atomic E-state index is 11.7. The molecule has 0 saturated heterocycles. The van der Waals surface area contributed by atoms with E-state index in [9.17, 15) is 9.90 Å². The lowest BCUT2D eigenvalue weighted by Crippen LogP contribution is -2.35. The molecular weight excluding hydrogens is 262 g/mol. The molecule has 1 heterocycles. The van der Waals surface area contributed by atoms with Crippen molar-refractivity contribution in [3.8, 4) is 0 Å². The zero-order valence-corrected chi connectivity index (χ0v) is 11.3. The van der Waals surface area contributed by atoms with Gasteiger partial charge in [-0.1, -0.05) is 29.8 Å². The van der Waals surface area contributed by atoms with Crippen LogP contribution in [-0.4, -0.2) is 16.1 Å². The smallest absolute Gasteiger partial charge is 0.314 e. The number of pyridine rings is 1. The van der Waals surface area contributed by atoms with Crippen molar-refractivity contribution in [1.29, 1.82) is 0 Å². The van der Waals surface area contributed by atoms with Gasteiger partial charge in [0, 0.05) is 23.3 Å². The summed E-state index contributed by atoms with van der Waals surface area (Å²) >= 11 is 5.95. The van der Waals surface area contributed by atoms with Crippen molar-refractivity contribution in [3.63, 3.8) is 0 Å². The van der Waals surface area contributed by atoms with Crippen LogP contribution in [0.1, 0.15) is 18.2 Å². The molecule has 0 aliphatic rings. The number of rotatable bonds is 4. The summed E-state index contributed by atoms with van der Waals surface area (Å²) < 4.78 is 0. The number of carbonyl (C=O) groups is 1. The first-order chi connectivity index (χ1) is 9.02. The van der Waals surface area contributed by atoms with Crippen LogP contribution in [0, 0.1) is 0 Å². The number of benzene rings is 1. The van der Waals surface area contributed by atoms with Crippen LogP contribution in [0.25, 0.3) is 0 Å². The lowest BCUT2D eigenvalue weighted by molar-refractivity contribution is -0.143. The normalized spacial score (nSPS) is 13.8. The Hall–Kier alpha value is -1.87. The number of nitrogens with zero attached hydrogens (tertiary/aromatic N) is 1. The number of hydrogen-bond acceptors (Lipinski definition) is 2. The average Bonchev–Trinajstić information content (AvgIpc) is 2.39. The van der Waals surface area contributed by atoms with E-state index in [2.05, 4.69) is 4.98 Å². The summed E-state index contributed by atoms with van der Waals surface area (Å²) in [6.45, 7) is 1.69. The van der Waals surface area contributed by atoms with Crippen LogP contribution in [0.4, 0.5) is 0 Å². The Bertz CT molecular complexity index is 586. The number of hydrogen-bond donors (Lipinski definition) is 1. The number of halogens is 1. The second-order valence-electron chi connectivity index (χ2n) is 4.65. The van der Waals surface area contributed by atoms with Crippen LogP contribution in [0.15, 0.2) is 48.7 Å². The third kappa shape index (κ3) is 2.93. The highest BCUT2D eigenvalue weighted by atomic mass is 35.5. The van der Waals surface area contributed by atoms with Crippen molar-refractivity contribution in [2.45, 2.75) is 18.8 Å². The summed E-state index contributed by atoms with van der Waals surface area (Å²) in [5.41, 5.74) is 0.379. The Kier molecular flexibility index (Phi) is 3.86. The second-order valence-corrected chi connectivity index (χ2v) is 5.08. The van der Waals surface area contributed by atoms with Crippen molar-refractivity contribution < 1.29 is 9.90 Å². The first-order valence-electron chi connectivity index (χ1n) is 5.92. The molecule has 0 bridgehead atoms. The summed E-state index contributed by atoms with van der Waals surface area (Å²) in [6.07, 6.45) is 1.99. The van der Waals surface area contributed by atoms with Crippen molar-refractivity contribution in [2.24, 2.45) is 0 Å². The minimum Gasteiger partial charge on any atom is -0.481 e. The molecule has 1 unspecified atom stereocenters. The van der Waals surface area contributed by atoms with Gasteiger partial charge in [-0.05, 0) is 36.8 Å². The molecule has 1 aromatic carbocycles. The van der Waals surface area contributed by atoms with E-state index in [1.165, 1.54) is 0 Å². The fourth-order valence-electron chi connectivity index (χ4n) is 2.00. The standard InChI is InChI=1S/C15H14ClNO2/c1-15(14(18)19,10-13-7-2-3-8-17-13)11-5-4-6-12(16)9-11/h2-9H,10H2,1H3,(H,18,19). The molecule has 0 radical (unpaired) electrons. The quantitative estimate of drug-likeness (QED) is 0.931. The summed E-state index contributed by atoms with van der Waals surface area (Å²) in [5.74, 6) is -0.889. The predicted octanol–water partition coefficient (Wildman–Crippen LogP) is 3.32. The third-order valence-corrected chi connectivity index (χ3v) is 3.43. The summed E-state index contributed by atoms with van der Waals surface area (Å²) in [4.78, 5) is 15.9. The Balaban J connectivity index is 2.41. The molecule has 0 aliphatic carbocycles. The average molecular weight is 276 g/mol. The van der Waals surface area contributed by atoms with Gasteiger partial charge in [0.05, 0.1) is 5.41 Å². The Morgan fingerprint density at radius 2 is 2.11 bits per heavy atom. The van der Waals surface area contributed by atoms with E-state index in [1.807, 2.05) is 12.1 Å². The van der Waals surface area contributed by atoms with Crippen molar-refractivity contribution >= 4 is 17.6 Å². The number of aliphatic carboxylic acids is 1. The molecule has 1 N–H and O–H groups in total. The zero-order valence-electron chi connectivity index (χ0n) is 10.5. The highest BCUT2D eigenvalue weighted by molar-refractivity contribution is 6.30. The highest BCUT2D eigenvalue weighted by Crippen LogP contribution is 2.29. The number of aromatic nitrogens is 1. The Morgan fingerprint density at radius 1 is 1.32 bits per heavy atom. The number of carboxylic acid groups (broad SMARTS) is 1. The van der Waals surface area contributed by atoms with Crippen molar-refractivity contribution in [1.82, 2.24) is 4.98 Å². The molecule has 0 aliphatic heterocycles. The van der Waals surface area contributed by atoms with Crippen LogP contribution in [0.5, 0.6) is 0 Å². The molecule has 2 aromatic rings. The van der Waals surface area contributed by atoms with Crippen LogP contribution >= 0.6 is 11.6 Å². The Morgan fingerprint density at radius 3 is 2.68 bits per heavy atom. The largest absolute Gasteiger partial charge is 0.481 e. The van der Waals surface area contributed by atoms with Gasteiger partial charge in [0.15, 0.2) is 0 Å². The topological polar surface area (TPSA) is 50.2 Å². The molecule has 1 atom stereocenters. The molecule has 0 amide bonds.